The van der Waals surface area contributed by atoms with Crippen molar-refractivity contribution in [3.05, 3.63) is 71.3 Å². The van der Waals surface area contributed by atoms with Crippen molar-refractivity contribution >= 4 is 22.7 Å². The molecule has 0 heterocycles. The molecule has 0 amide bonds. The van der Waals surface area contributed by atoms with Crippen LogP contribution in [0.2, 0.25) is 0 Å². The van der Waals surface area contributed by atoms with Gasteiger partial charge in [0.15, 0.2) is 0 Å². The first-order valence-electron chi connectivity index (χ1n) is 11.2. The maximum absolute atomic E-state index is 12.5. The van der Waals surface area contributed by atoms with E-state index in [9.17, 15) is 9.59 Å². The van der Waals surface area contributed by atoms with E-state index < -0.39 is 11.9 Å². The van der Waals surface area contributed by atoms with Gasteiger partial charge >= 0.3 is 11.9 Å². The van der Waals surface area contributed by atoms with Gasteiger partial charge in [-0.05, 0) is 45.4 Å². The van der Waals surface area contributed by atoms with E-state index in [1.54, 1.807) is 13.8 Å². The van der Waals surface area contributed by atoms with Crippen LogP contribution in [0.1, 0.15) is 58.1 Å². The van der Waals surface area contributed by atoms with Crippen molar-refractivity contribution in [2.24, 2.45) is 5.92 Å². The molecule has 0 unspecified atom stereocenters. The van der Waals surface area contributed by atoms with Crippen LogP contribution in [0.4, 0.5) is 0 Å². The number of fused-ring (bicyclic) bond motifs is 2. The van der Waals surface area contributed by atoms with Gasteiger partial charge in [-0.2, -0.15) is 0 Å². The van der Waals surface area contributed by atoms with Gasteiger partial charge in [0.2, 0.25) is 0 Å². The standard InChI is InChI=1S/C28H32O4/c1-17(2)10-9-11-20-14-15-23-24(16-20)26(32-28(30)19(5)6)22-13-8-7-12-21(22)25(23)31-27(29)18(3)4/h7-8,12-14,17H,3,5,9-11,15-16H2,1-2,4,6H3. The highest BCUT2D eigenvalue weighted by Crippen LogP contribution is 2.45. The van der Waals surface area contributed by atoms with E-state index in [-0.39, 0.29) is 0 Å². The molecule has 0 atom stereocenters. The van der Waals surface area contributed by atoms with E-state index in [2.05, 4.69) is 33.1 Å². The number of hydrogen-bond donors (Lipinski definition) is 0. The van der Waals surface area contributed by atoms with Crippen LogP contribution in [-0.4, -0.2) is 11.9 Å². The third kappa shape index (κ3) is 5.18. The largest absolute Gasteiger partial charge is 0.422 e. The van der Waals surface area contributed by atoms with Crippen molar-refractivity contribution in [1.82, 2.24) is 0 Å². The van der Waals surface area contributed by atoms with Crippen molar-refractivity contribution in [2.75, 3.05) is 0 Å². The average molecular weight is 433 g/mol. The van der Waals surface area contributed by atoms with Crippen molar-refractivity contribution in [2.45, 2.75) is 59.8 Å². The summed E-state index contributed by atoms with van der Waals surface area (Å²) in [5.74, 6) is 0.802. The molecule has 0 fully saturated rings. The Labute approximate surface area is 190 Å². The minimum Gasteiger partial charge on any atom is -0.422 e. The molecule has 0 aromatic heterocycles. The van der Waals surface area contributed by atoms with Crippen LogP contribution < -0.4 is 9.47 Å². The first kappa shape index (κ1) is 23.5. The summed E-state index contributed by atoms with van der Waals surface area (Å²) < 4.78 is 11.7. The second-order valence-corrected chi connectivity index (χ2v) is 9.03. The van der Waals surface area contributed by atoms with Crippen LogP contribution in [0.5, 0.6) is 11.5 Å². The molecule has 2 aromatic carbocycles. The SMILES string of the molecule is C=C(C)C(=O)Oc1c2c(c(OC(=O)C(=C)C)c3ccccc13)CC(CCCC(C)C)=CC2. The second-order valence-electron chi connectivity index (χ2n) is 9.03. The van der Waals surface area contributed by atoms with Crippen LogP contribution >= 0.6 is 0 Å². The fraction of sp³-hybridized carbons (Fsp3) is 0.357. The number of carbonyl (C=O) groups is 2. The molecule has 2 aromatic rings. The lowest BCUT2D eigenvalue weighted by atomic mass is 9.85. The number of hydrogen-bond acceptors (Lipinski definition) is 4. The Kier molecular flexibility index (Phi) is 7.34. The lowest BCUT2D eigenvalue weighted by Crippen LogP contribution is -2.16. The van der Waals surface area contributed by atoms with E-state index >= 15 is 0 Å². The Balaban J connectivity index is 2.13. The third-order valence-electron chi connectivity index (χ3n) is 5.69. The Morgan fingerprint density at radius 3 is 1.97 bits per heavy atom. The minimum absolute atomic E-state index is 0.335. The van der Waals surface area contributed by atoms with Gasteiger partial charge in [-0.25, -0.2) is 9.59 Å². The number of allylic oxidation sites excluding steroid dienone is 2. The maximum atomic E-state index is 12.5. The molecule has 0 saturated heterocycles. The zero-order valence-corrected chi connectivity index (χ0v) is 19.5. The van der Waals surface area contributed by atoms with E-state index in [1.165, 1.54) is 12.0 Å². The lowest BCUT2D eigenvalue weighted by molar-refractivity contribution is -0.131. The van der Waals surface area contributed by atoms with Crippen molar-refractivity contribution < 1.29 is 19.1 Å². The van der Waals surface area contributed by atoms with Gasteiger partial charge < -0.3 is 9.47 Å². The monoisotopic (exact) mass is 432 g/mol. The predicted molar refractivity (Wildman–Crippen MR) is 129 cm³/mol. The summed E-state index contributed by atoms with van der Waals surface area (Å²) in [6, 6.07) is 7.55. The molecule has 4 heteroatoms. The molecule has 0 spiro atoms. The smallest absolute Gasteiger partial charge is 0.338 e. The molecule has 0 bridgehead atoms. The summed E-state index contributed by atoms with van der Waals surface area (Å²) in [7, 11) is 0. The van der Waals surface area contributed by atoms with Crippen LogP contribution in [0.25, 0.3) is 10.8 Å². The van der Waals surface area contributed by atoms with Gasteiger partial charge in [-0.1, -0.05) is 69.3 Å². The fourth-order valence-corrected chi connectivity index (χ4v) is 3.95. The summed E-state index contributed by atoms with van der Waals surface area (Å²) in [5.41, 5.74) is 3.78. The van der Waals surface area contributed by atoms with Crippen molar-refractivity contribution in [1.29, 1.82) is 0 Å². The topological polar surface area (TPSA) is 52.6 Å². The van der Waals surface area contributed by atoms with Gasteiger partial charge in [-0.3, -0.25) is 0 Å². The Bertz CT molecular complexity index is 1120. The van der Waals surface area contributed by atoms with Gasteiger partial charge in [0, 0.05) is 33.0 Å². The molecule has 3 rings (SSSR count). The molecule has 0 radical (unpaired) electrons. The summed E-state index contributed by atoms with van der Waals surface area (Å²) in [6.07, 6.45) is 6.78. The third-order valence-corrected chi connectivity index (χ3v) is 5.69. The predicted octanol–water partition coefficient (Wildman–Crippen LogP) is 6.65. The molecule has 1 aliphatic rings. The summed E-state index contributed by atoms with van der Waals surface area (Å²) in [5, 5.41) is 1.48. The van der Waals surface area contributed by atoms with Gasteiger partial charge in [0.1, 0.15) is 11.5 Å². The first-order valence-corrected chi connectivity index (χ1v) is 11.2. The first-order chi connectivity index (χ1) is 15.2. The molecular formula is C28H32O4. The molecular weight excluding hydrogens is 400 g/mol. The molecule has 1 aliphatic carbocycles. The molecule has 0 N–H and O–H groups in total. The van der Waals surface area contributed by atoms with Crippen LogP contribution in [0.15, 0.2) is 60.2 Å². The number of carbonyl (C=O) groups excluding carboxylic acids is 2. The quantitative estimate of drug-likeness (QED) is 0.203. The van der Waals surface area contributed by atoms with E-state index in [0.29, 0.717) is 41.4 Å². The van der Waals surface area contributed by atoms with E-state index in [4.69, 9.17) is 9.47 Å². The summed E-state index contributed by atoms with van der Waals surface area (Å²) in [4.78, 5) is 24.9. The number of ether oxygens (including phenoxy) is 2. The highest BCUT2D eigenvalue weighted by Gasteiger charge is 2.27. The zero-order chi connectivity index (χ0) is 23.4. The second kappa shape index (κ2) is 9.99. The summed E-state index contributed by atoms with van der Waals surface area (Å²) in [6.45, 7) is 15.2. The molecule has 0 aliphatic heterocycles. The molecule has 4 nitrogen and oxygen atoms in total. The van der Waals surface area contributed by atoms with Gasteiger partial charge in [0.05, 0.1) is 0 Å². The molecule has 0 saturated carbocycles. The number of esters is 2. The maximum Gasteiger partial charge on any atom is 0.338 e. The highest BCUT2D eigenvalue weighted by molar-refractivity contribution is 6.01. The van der Waals surface area contributed by atoms with E-state index in [0.717, 1.165) is 34.7 Å². The Morgan fingerprint density at radius 2 is 1.47 bits per heavy atom. The minimum atomic E-state index is -0.462. The molecule has 168 valence electrons. The summed E-state index contributed by atoms with van der Waals surface area (Å²) >= 11 is 0. The Hall–Kier alpha value is -3.14. The average Bonchev–Trinajstić information content (AvgIpc) is 2.75. The normalized spacial score (nSPS) is 12.8. The van der Waals surface area contributed by atoms with Crippen LogP contribution in [0, 0.1) is 5.92 Å². The van der Waals surface area contributed by atoms with Crippen molar-refractivity contribution in [3.8, 4) is 11.5 Å². The van der Waals surface area contributed by atoms with Gasteiger partial charge in [-0.15, -0.1) is 0 Å². The number of benzene rings is 2. The Morgan fingerprint density at radius 1 is 0.938 bits per heavy atom. The molecule has 32 heavy (non-hydrogen) atoms. The highest BCUT2D eigenvalue weighted by atomic mass is 16.5. The van der Waals surface area contributed by atoms with Gasteiger partial charge in [0.25, 0.3) is 0 Å². The fourth-order valence-electron chi connectivity index (χ4n) is 3.95. The van der Waals surface area contributed by atoms with Crippen LogP contribution in [0.3, 0.4) is 0 Å². The van der Waals surface area contributed by atoms with Crippen LogP contribution in [-0.2, 0) is 22.4 Å². The lowest BCUT2D eigenvalue weighted by Gasteiger charge is -2.25. The zero-order valence-electron chi connectivity index (χ0n) is 19.5. The van der Waals surface area contributed by atoms with E-state index in [1.807, 2.05) is 24.3 Å². The van der Waals surface area contributed by atoms with Crippen molar-refractivity contribution in [3.63, 3.8) is 0 Å². The number of rotatable bonds is 8.